The van der Waals surface area contributed by atoms with Gasteiger partial charge in [-0.1, -0.05) is 59.7 Å². The van der Waals surface area contributed by atoms with Crippen molar-refractivity contribution in [1.82, 2.24) is 0 Å². The van der Waals surface area contributed by atoms with Gasteiger partial charge in [-0.05, 0) is 68.5 Å². The van der Waals surface area contributed by atoms with Gasteiger partial charge in [0.2, 0.25) is 0 Å². The summed E-state index contributed by atoms with van der Waals surface area (Å²) in [4.78, 5) is 31.2. The van der Waals surface area contributed by atoms with Crippen molar-refractivity contribution in [3.8, 4) is 0 Å². The second-order valence-electron chi connectivity index (χ2n) is 8.81. The first-order valence-corrected chi connectivity index (χ1v) is 11.0. The molecule has 0 atom stereocenters. The molecule has 0 radical (unpaired) electrons. The summed E-state index contributed by atoms with van der Waals surface area (Å²) in [6, 6.07) is 20.0. The Labute approximate surface area is 188 Å². The van der Waals surface area contributed by atoms with Gasteiger partial charge in [0, 0.05) is 12.2 Å². The quantitative estimate of drug-likeness (QED) is 0.540. The van der Waals surface area contributed by atoms with Gasteiger partial charge in [0.1, 0.15) is 5.70 Å². The van der Waals surface area contributed by atoms with E-state index in [0.717, 1.165) is 39.9 Å². The Bertz CT molecular complexity index is 1320. The molecule has 5 rings (SSSR count). The summed E-state index contributed by atoms with van der Waals surface area (Å²) in [5, 5.41) is 0. The first-order valence-electron chi connectivity index (χ1n) is 11.0. The molecule has 0 spiro atoms. The molecule has 0 N–H and O–H groups in total. The highest BCUT2D eigenvalue weighted by Crippen LogP contribution is 2.41. The predicted molar refractivity (Wildman–Crippen MR) is 129 cm³/mol. The molecule has 0 aromatic heterocycles. The van der Waals surface area contributed by atoms with Crippen molar-refractivity contribution in [2.75, 3.05) is 16.3 Å². The van der Waals surface area contributed by atoms with E-state index in [4.69, 9.17) is 0 Å². The summed E-state index contributed by atoms with van der Waals surface area (Å²) in [5.41, 5.74) is 8.78. The van der Waals surface area contributed by atoms with Crippen molar-refractivity contribution in [3.63, 3.8) is 0 Å². The van der Waals surface area contributed by atoms with Gasteiger partial charge in [0.15, 0.2) is 0 Å². The number of nitrogens with zero attached hydrogens (tertiary/aromatic N) is 2. The van der Waals surface area contributed by atoms with Gasteiger partial charge in [0.25, 0.3) is 11.8 Å². The SMILES string of the molecule is Cc1ccc(C2=C(N3CCc4ccccc43)C(=O)N(c3ccc(C)cc3C)C2=O)c(C)c1. The third-order valence-electron chi connectivity index (χ3n) is 6.46. The highest BCUT2D eigenvalue weighted by molar-refractivity contribution is 6.46. The summed E-state index contributed by atoms with van der Waals surface area (Å²) >= 11 is 0. The van der Waals surface area contributed by atoms with Crippen molar-refractivity contribution in [1.29, 1.82) is 0 Å². The maximum atomic E-state index is 13.9. The van der Waals surface area contributed by atoms with E-state index in [1.54, 1.807) is 0 Å². The molecule has 0 saturated carbocycles. The van der Waals surface area contributed by atoms with Gasteiger partial charge >= 0.3 is 0 Å². The van der Waals surface area contributed by atoms with Crippen LogP contribution in [-0.2, 0) is 16.0 Å². The molecule has 0 fully saturated rings. The molecule has 0 unspecified atom stereocenters. The predicted octanol–water partition coefficient (Wildman–Crippen LogP) is 5.27. The summed E-state index contributed by atoms with van der Waals surface area (Å²) < 4.78 is 0. The minimum atomic E-state index is -0.256. The Morgan fingerprint density at radius 1 is 0.719 bits per heavy atom. The Balaban J connectivity index is 1.73. The lowest BCUT2D eigenvalue weighted by Crippen LogP contribution is -2.35. The van der Waals surface area contributed by atoms with E-state index in [1.165, 1.54) is 10.5 Å². The molecule has 3 aromatic carbocycles. The fourth-order valence-corrected chi connectivity index (χ4v) is 4.95. The lowest BCUT2D eigenvalue weighted by Gasteiger charge is -2.22. The molecule has 160 valence electrons. The molecule has 2 aliphatic rings. The van der Waals surface area contributed by atoms with Crippen molar-refractivity contribution in [2.24, 2.45) is 0 Å². The Morgan fingerprint density at radius 2 is 1.41 bits per heavy atom. The maximum absolute atomic E-state index is 13.9. The number of benzene rings is 3. The van der Waals surface area contributed by atoms with Crippen LogP contribution in [0.15, 0.2) is 66.4 Å². The van der Waals surface area contributed by atoms with E-state index in [-0.39, 0.29) is 11.8 Å². The van der Waals surface area contributed by atoms with Gasteiger partial charge in [-0.2, -0.15) is 0 Å². The standard InChI is InChI=1S/C28H26N2O2/c1-17-9-11-22(19(3)15-17)25-26(29-14-13-21-7-5-6-8-24(21)29)28(32)30(27(25)31)23-12-10-18(2)16-20(23)4/h5-12,15-16H,13-14H2,1-4H3. The molecule has 0 saturated heterocycles. The minimum absolute atomic E-state index is 0.256. The van der Waals surface area contributed by atoms with Gasteiger partial charge in [0.05, 0.1) is 11.3 Å². The van der Waals surface area contributed by atoms with Crippen LogP contribution in [0.3, 0.4) is 0 Å². The molecule has 2 aliphatic heterocycles. The molecule has 4 heteroatoms. The summed E-state index contributed by atoms with van der Waals surface area (Å²) in [6.45, 7) is 8.68. The number of hydrogen-bond acceptors (Lipinski definition) is 3. The number of amides is 2. The van der Waals surface area contributed by atoms with Crippen molar-refractivity contribution in [2.45, 2.75) is 34.1 Å². The molecule has 0 aliphatic carbocycles. The van der Waals surface area contributed by atoms with E-state index < -0.39 is 0 Å². The smallest absolute Gasteiger partial charge is 0.282 e. The fraction of sp³-hybridized carbons (Fsp3) is 0.214. The monoisotopic (exact) mass is 422 g/mol. The molecular formula is C28H26N2O2. The van der Waals surface area contributed by atoms with Crippen LogP contribution in [0.25, 0.3) is 5.57 Å². The van der Waals surface area contributed by atoms with Crippen LogP contribution < -0.4 is 9.80 Å². The number of para-hydroxylation sites is 1. The van der Waals surface area contributed by atoms with Crippen LogP contribution in [0, 0.1) is 27.7 Å². The minimum Gasteiger partial charge on any atom is -0.336 e. The highest BCUT2D eigenvalue weighted by Gasteiger charge is 2.44. The highest BCUT2D eigenvalue weighted by atomic mass is 16.2. The zero-order chi connectivity index (χ0) is 22.6. The normalized spacial score (nSPS) is 15.8. The van der Waals surface area contributed by atoms with Crippen molar-refractivity contribution >= 4 is 28.8 Å². The summed E-state index contributed by atoms with van der Waals surface area (Å²) in [5.74, 6) is -0.512. The molecule has 4 nitrogen and oxygen atoms in total. The van der Waals surface area contributed by atoms with Crippen molar-refractivity contribution < 1.29 is 9.59 Å². The topological polar surface area (TPSA) is 40.6 Å². The number of anilines is 2. The van der Waals surface area contributed by atoms with E-state index >= 15 is 0 Å². The van der Waals surface area contributed by atoms with Gasteiger partial charge in [-0.15, -0.1) is 0 Å². The first-order chi connectivity index (χ1) is 15.4. The number of aryl methyl sites for hydroxylation is 4. The van der Waals surface area contributed by atoms with Crippen LogP contribution >= 0.6 is 0 Å². The number of carbonyl (C=O) groups excluding carboxylic acids is 2. The maximum Gasteiger partial charge on any atom is 0.282 e. The zero-order valence-corrected chi connectivity index (χ0v) is 18.9. The van der Waals surface area contributed by atoms with Crippen LogP contribution in [0.5, 0.6) is 0 Å². The van der Waals surface area contributed by atoms with E-state index in [2.05, 4.69) is 12.1 Å². The zero-order valence-electron chi connectivity index (χ0n) is 18.9. The number of imide groups is 1. The van der Waals surface area contributed by atoms with E-state index in [1.807, 2.05) is 81.1 Å². The van der Waals surface area contributed by atoms with Crippen LogP contribution in [-0.4, -0.2) is 18.4 Å². The molecule has 2 amide bonds. The van der Waals surface area contributed by atoms with Crippen LogP contribution in [0.2, 0.25) is 0 Å². The number of hydrogen-bond donors (Lipinski definition) is 0. The Morgan fingerprint density at radius 3 is 2.12 bits per heavy atom. The average molecular weight is 423 g/mol. The molecule has 32 heavy (non-hydrogen) atoms. The first kappa shape index (κ1) is 20.3. The van der Waals surface area contributed by atoms with Gasteiger partial charge in [-0.3, -0.25) is 9.59 Å². The molecule has 3 aromatic rings. The van der Waals surface area contributed by atoms with E-state index in [0.29, 0.717) is 23.5 Å². The second kappa shape index (κ2) is 7.49. The number of rotatable bonds is 3. The fourth-order valence-electron chi connectivity index (χ4n) is 4.95. The summed E-state index contributed by atoms with van der Waals surface area (Å²) in [6.07, 6.45) is 0.852. The molecule has 0 bridgehead atoms. The van der Waals surface area contributed by atoms with E-state index in [9.17, 15) is 9.59 Å². The summed E-state index contributed by atoms with van der Waals surface area (Å²) in [7, 11) is 0. The molecular weight excluding hydrogens is 396 g/mol. The lowest BCUT2D eigenvalue weighted by molar-refractivity contribution is -0.120. The van der Waals surface area contributed by atoms with Gasteiger partial charge < -0.3 is 4.90 Å². The Kier molecular flexibility index (Phi) is 4.74. The lowest BCUT2D eigenvalue weighted by atomic mass is 9.97. The van der Waals surface area contributed by atoms with Crippen LogP contribution in [0.4, 0.5) is 11.4 Å². The molecule has 2 heterocycles. The largest absolute Gasteiger partial charge is 0.336 e. The third-order valence-corrected chi connectivity index (χ3v) is 6.46. The second-order valence-corrected chi connectivity index (χ2v) is 8.81. The number of fused-ring (bicyclic) bond motifs is 1. The van der Waals surface area contributed by atoms with Gasteiger partial charge in [-0.25, -0.2) is 4.90 Å². The van der Waals surface area contributed by atoms with Crippen molar-refractivity contribution in [3.05, 3.63) is 99.7 Å². The Hall–Kier alpha value is -3.66. The average Bonchev–Trinajstić information content (AvgIpc) is 3.27. The third kappa shape index (κ3) is 3.06. The van der Waals surface area contributed by atoms with Crippen LogP contribution in [0.1, 0.15) is 33.4 Å². The number of carbonyl (C=O) groups is 2.